The molecular weight excluding hydrogens is 578 g/mol. The number of carbonyl (C=O) groups is 5. The molecule has 5 unspecified atom stereocenters. The van der Waals surface area contributed by atoms with Gasteiger partial charge in [-0.2, -0.15) is 0 Å². The molecule has 1 saturated heterocycles. The summed E-state index contributed by atoms with van der Waals surface area (Å²) in [6.07, 6.45) is 8.75. The fourth-order valence-corrected chi connectivity index (χ4v) is 6.25. The maximum Gasteiger partial charge on any atom is 0.245 e. The fourth-order valence-electron chi connectivity index (χ4n) is 6.25. The van der Waals surface area contributed by atoms with Crippen molar-refractivity contribution in [1.82, 2.24) is 31.1 Å². The lowest BCUT2D eigenvalue weighted by Crippen LogP contribution is -2.62. The van der Waals surface area contributed by atoms with Gasteiger partial charge in [-0.3, -0.25) is 28.9 Å². The van der Waals surface area contributed by atoms with Crippen molar-refractivity contribution in [2.75, 3.05) is 39.8 Å². The van der Waals surface area contributed by atoms with E-state index in [-0.39, 0.29) is 30.8 Å². The Hall–Kier alpha value is -2.77. The molecule has 0 aromatic heterocycles. The van der Waals surface area contributed by atoms with Gasteiger partial charge >= 0.3 is 0 Å². The van der Waals surface area contributed by atoms with Crippen LogP contribution >= 0.6 is 0 Å². The average molecular weight is 638 g/mol. The van der Waals surface area contributed by atoms with E-state index in [0.717, 1.165) is 57.8 Å². The highest BCUT2D eigenvalue weighted by atomic mass is 16.3. The summed E-state index contributed by atoms with van der Waals surface area (Å²) >= 11 is 0. The Kier molecular flexibility index (Phi) is 16.8. The van der Waals surface area contributed by atoms with Crippen LogP contribution < -0.4 is 27.0 Å². The van der Waals surface area contributed by atoms with Crippen LogP contribution in [0.5, 0.6) is 0 Å². The molecule has 1 saturated carbocycles. The van der Waals surface area contributed by atoms with Crippen LogP contribution in [0.25, 0.3) is 0 Å². The average Bonchev–Trinajstić information content (AvgIpc) is 3.03. The highest BCUT2D eigenvalue weighted by molar-refractivity contribution is 5.96. The van der Waals surface area contributed by atoms with E-state index in [2.05, 4.69) is 28.2 Å². The summed E-state index contributed by atoms with van der Waals surface area (Å²) < 4.78 is 0. The van der Waals surface area contributed by atoms with E-state index in [4.69, 9.17) is 5.73 Å². The normalized spacial score (nSPS) is 27.8. The molecule has 13 heteroatoms. The number of aliphatic hydroxyl groups excluding tert-OH is 1. The second-order valence-corrected chi connectivity index (χ2v) is 13.1. The highest BCUT2D eigenvalue weighted by Crippen LogP contribution is 2.27. The van der Waals surface area contributed by atoms with Crippen molar-refractivity contribution in [3.63, 3.8) is 0 Å². The molecule has 45 heavy (non-hydrogen) atoms. The number of carbonyl (C=O) groups excluding carboxylic acids is 5. The van der Waals surface area contributed by atoms with E-state index in [0.29, 0.717) is 19.5 Å². The van der Waals surface area contributed by atoms with Gasteiger partial charge in [0.2, 0.25) is 29.5 Å². The number of nitrogens with zero attached hydrogens (tertiary/aromatic N) is 2. The van der Waals surface area contributed by atoms with Gasteiger partial charge in [-0.1, -0.05) is 59.3 Å². The number of nitrogens with one attached hydrogen (secondary N) is 4. The van der Waals surface area contributed by atoms with E-state index >= 15 is 0 Å². The molecule has 5 atom stereocenters. The van der Waals surface area contributed by atoms with Crippen molar-refractivity contribution >= 4 is 29.5 Å². The number of hydrogen-bond acceptors (Lipinski definition) is 8. The van der Waals surface area contributed by atoms with E-state index in [1.807, 2.05) is 25.7 Å². The molecule has 0 radical (unpaired) electrons. The largest absolute Gasteiger partial charge is 0.394 e. The van der Waals surface area contributed by atoms with Crippen LogP contribution in [-0.2, 0) is 24.0 Å². The predicted molar refractivity (Wildman–Crippen MR) is 173 cm³/mol. The molecule has 2 fully saturated rings. The lowest BCUT2D eigenvalue weighted by molar-refractivity contribution is -0.144. The maximum atomic E-state index is 14.0. The van der Waals surface area contributed by atoms with E-state index < -0.39 is 60.4 Å². The smallest absolute Gasteiger partial charge is 0.245 e. The minimum absolute atomic E-state index is 0.0938. The lowest BCUT2D eigenvalue weighted by Gasteiger charge is -2.37. The molecule has 258 valence electrons. The van der Waals surface area contributed by atoms with Crippen LogP contribution in [-0.4, -0.2) is 114 Å². The summed E-state index contributed by atoms with van der Waals surface area (Å²) in [5, 5.41) is 20.8. The third-order valence-electron chi connectivity index (χ3n) is 9.10. The van der Waals surface area contributed by atoms with Crippen molar-refractivity contribution in [3.8, 4) is 0 Å². The minimum atomic E-state index is -1.25. The Morgan fingerprint density at radius 1 is 0.889 bits per heavy atom. The maximum absolute atomic E-state index is 14.0. The molecule has 2 aliphatic rings. The number of unbranched alkanes of at least 4 members (excludes halogenated alkanes) is 3. The van der Waals surface area contributed by atoms with Gasteiger partial charge in [0.15, 0.2) is 0 Å². The molecule has 5 amide bonds. The van der Waals surface area contributed by atoms with Crippen LogP contribution in [0.2, 0.25) is 0 Å². The number of nitrogens with two attached hydrogens (primary N) is 1. The van der Waals surface area contributed by atoms with E-state index in [1.54, 1.807) is 7.05 Å². The second kappa shape index (κ2) is 19.7. The van der Waals surface area contributed by atoms with Gasteiger partial charge in [-0.25, -0.2) is 0 Å². The van der Waals surface area contributed by atoms with E-state index in [1.165, 1.54) is 4.90 Å². The summed E-state index contributed by atoms with van der Waals surface area (Å²) in [4.78, 5) is 71.2. The van der Waals surface area contributed by atoms with Crippen LogP contribution in [0.15, 0.2) is 0 Å². The van der Waals surface area contributed by atoms with Crippen molar-refractivity contribution < 1.29 is 29.1 Å². The fraction of sp³-hybridized carbons (Fsp3) is 0.844. The molecule has 0 aromatic carbocycles. The predicted octanol–water partition coefficient (Wildman–Crippen LogP) is 0.246. The number of rotatable bonds is 10. The zero-order valence-electron chi connectivity index (χ0n) is 28.1. The summed E-state index contributed by atoms with van der Waals surface area (Å²) in [6.45, 7) is 8.17. The Morgan fingerprint density at radius 2 is 1.56 bits per heavy atom. The van der Waals surface area contributed by atoms with Gasteiger partial charge < -0.3 is 37.0 Å². The van der Waals surface area contributed by atoms with Gasteiger partial charge in [0.1, 0.15) is 24.2 Å². The quantitative estimate of drug-likeness (QED) is 0.184. The molecular formula is C32H59N7O6. The van der Waals surface area contributed by atoms with E-state index in [9.17, 15) is 29.1 Å². The van der Waals surface area contributed by atoms with Crippen LogP contribution in [0, 0.1) is 11.8 Å². The SMILES string of the molecule is CCCCCCN1CCNC(=O)C(CO)NC(=O)C(CN)NC(=O)C(C2CCCCC2)NC(=O)C(CC(C)C)N(C)C(=O)C1C. The van der Waals surface area contributed by atoms with Crippen molar-refractivity contribution in [1.29, 1.82) is 0 Å². The monoisotopic (exact) mass is 637 g/mol. The number of aliphatic hydroxyl groups is 1. The third kappa shape index (κ3) is 11.8. The van der Waals surface area contributed by atoms with Crippen LogP contribution in [0.3, 0.4) is 0 Å². The van der Waals surface area contributed by atoms with Crippen molar-refractivity contribution in [2.24, 2.45) is 17.6 Å². The Bertz CT molecular complexity index is 974. The minimum Gasteiger partial charge on any atom is -0.394 e. The Labute approximate surface area is 269 Å². The van der Waals surface area contributed by atoms with Gasteiger partial charge in [0, 0.05) is 26.7 Å². The van der Waals surface area contributed by atoms with Crippen LogP contribution in [0.1, 0.15) is 91.9 Å². The summed E-state index contributed by atoms with van der Waals surface area (Å²) in [5.74, 6) is -2.52. The molecule has 0 spiro atoms. The first-order valence-electron chi connectivity index (χ1n) is 16.9. The Balaban J connectivity index is 2.49. The first kappa shape index (κ1) is 38.4. The molecule has 0 aromatic rings. The van der Waals surface area contributed by atoms with Gasteiger partial charge in [-0.15, -0.1) is 0 Å². The zero-order chi connectivity index (χ0) is 33.5. The van der Waals surface area contributed by atoms with Gasteiger partial charge in [0.25, 0.3) is 0 Å². The van der Waals surface area contributed by atoms with Crippen LogP contribution in [0.4, 0.5) is 0 Å². The second-order valence-electron chi connectivity index (χ2n) is 13.1. The third-order valence-corrected chi connectivity index (χ3v) is 9.10. The van der Waals surface area contributed by atoms with Crippen molar-refractivity contribution in [2.45, 2.75) is 122 Å². The summed E-state index contributed by atoms with van der Waals surface area (Å²) in [7, 11) is 1.64. The van der Waals surface area contributed by atoms with Crippen molar-refractivity contribution in [3.05, 3.63) is 0 Å². The molecule has 13 nitrogen and oxygen atoms in total. The molecule has 1 aliphatic carbocycles. The number of likely N-dealkylation sites (N-methyl/N-ethyl adjacent to an activating group) is 1. The summed E-state index contributed by atoms with van der Waals surface area (Å²) in [5.41, 5.74) is 5.87. The first-order chi connectivity index (χ1) is 21.4. The topological polar surface area (TPSA) is 186 Å². The molecule has 1 aliphatic heterocycles. The first-order valence-corrected chi connectivity index (χ1v) is 16.9. The number of hydrogen-bond donors (Lipinski definition) is 6. The summed E-state index contributed by atoms with van der Waals surface area (Å²) in [6, 6.07) is -4.75. The molecule has 7 N–H and O–H groups in total. The van der Waals surface area contributed by atoms with Gasteiger partial charge in [0.05, 0.1) is 12.6 Å². The highest BCUT2D eigenvalue weighted by Gasteiger charge is 2.38. The number of amides is 5. The standard InChI is InChI=1S/C32H59N7O6/c1-6-7-8-12-16-39-17-15-34-28(41)25(20-40)36-29(42)24(19-33)35-31(44)27(23-13-10-9-11-14-23)37-30(43)26(18-21(2)3)38(5)32(45)22(39)4/h21-27,40H,6-20,33H2,1-5H3,(H,34,41)(H,35,44)(H,36,42)(H,37,43). The Morgan fingerprint density at radius 3 is 2.16 bits per heavy atom. The van der Waals surface area contributed by atoms with Gasteiger partial charge in [-0.05, 0) is 51.0 Å². The zero-order valence-corrected chi connectivity index (χ0v) is 28.1. The lowest BCUT2D eigenvalue weighted by atomic mass is 9.83. The molecule has 2 rings (SSSR count). The molecule has 1 heterocycles. The molecule has 0 bridgehead atoms.